The van der Waals surface area contributed by atoms with Gasteiger partial charge in [-0.1, -0.05) is 23.4 Å². The third kappa shape index (κ3) is 2.83. The molecular formula is C18H19N3O2. The van der Waals surface area contributed by atoms with E-state index in [2.05, 4.69) is 16.4 Å². The van der Waals surface area contributed by atoms with Crippen LogP contribution < -0.4 is 4.74 Å². The van der Waals surface area contributed by atoms with Crippen molar-refractivity contribution in [1.29, 1.82) is 0 Å². The molecule has 5 nitrogen and oxygen atoms in total. The molecule has 0 saturated carbocycles. The number of para-hydroxylation sites is 1. The van der Waals surface area contributed by atoms with Crippen molar-refractivity contribution in [1.82, 2.24) is 15.0 Å². The van der Waals surface area contributed by atoms with Crippen LogP contribution in [0, 0.1) is 13.8 Å². The summed E-state index contributed by atoms with van der Waals surface area (Å²) in [4.78, 5) is 0. The van der Waals surface area contributed by atoms with Crippen LogP contribution >= 0.6 is 0 Å². The number of benzene rings is 2. The number of aromatic nitrogens is 3. The molecule has 3 rings (SSSR count). The van der Waals surface area contributed by atoms with Crippen LogP contribution in [-0.2, 0) is 6.61 Å². The van der Waals surface area contributed by atoms with Crippen LogP contribution in [0.3, 0.4) is 0 Å². The van der Waals surface area contributed by atoms with Gasteiger partial charge in [-0.15, -0.1) is 5.10 Å². The second kappa shape index (κ2) is 6.22. The molecule has 3 aromatic rings. The van der Waals surface area contributed by atoms with Gasteiger partial charge in [-0.2, -0.15) is 0 Å². The predicted octanol–water partition coefficient (Wildman–Crippen LogP) is 3.05. The molecule has 0 atom stereocenters. The fourth-order valence-electron chi connectivity index (χ4n) is 2.78. The van der Waals surface area contributed by atoms with Crippen molar-refractivity contribution in [2.75, 3.05) is 7.11 Å². The van der Waals surface area contributed by atoms with Gasteiger partial charge >= 0.3 is 0 Å². The van der Waals surface area contributed by atoms with E-state index in [-0.39, 0.29) is 6.61 Å². The number of aliphatic hydroxyl groups is 1. The van der Waals surface area contributed by atoms with E-state index in [9.17, 15) is 5.11 Å². The number of rotatable bonds is 4. The minimum absolute atomic E-state index is 0.182. The maximum Gasteiger partial charge on any atom is 0.128 e. The first-order valence-corrected chi connectivity index (χ1v) is 7.41. The van der Waals surface area contributed by atoms with E-state index in [1.807, 2.05) is 50.2 Å². The molecule has 0 saturated heterocycles. The first-order valence-electron chi connectivity index (χ1n) is 7.41. The highest BCUT2D eigenvalue weighted by molar-refractivity contribution is 5.71. The van der Waals surface area contributed by atoms with Crippen LogP contribution in [0.1, 0.15) is 16.8 Å². The van der Waals surface area contributed by atoms with E-state index in [1.54, 1.807) is 11.8 Å². The summed E-state index contributed by atoms with van der Waals surface area (Å²) in [5.41, 5.74) is 5.32. The van der Waals surface area contributed by atoms with Crippen LogP contribution in [0.5, 0.6) is 5.75 Å². The number of methoxy groups -OCH3 is 1. The van der Waals surface area contributed by atoms with E-state index in [0.29, 0.717) is 5.69 Å². The van der Waals surface area contributed by atoms with Gasteiger partial charge in [0.15, 0.2) is 0 Å². The predicted molar refractivity (Wildman–Crippen MR) is 88.7 cm³/mol. The summed E-state index contributed by atoms with van der Waals surface area (Å²) in [6.07, 6.45) is 0. The molecule has 5 heteroatoms. The molecule has 23 heavy (non-hydrogen) atoms. The van der Waals surface area contributed by atoms with Crippen LogP contribution in [0.25, 0.3) is 16.9 Å². The summed E-state index contributed by atoms with van der Waals surface area (Å²) >= 11 is 0. The van der Waals surface area contributed by atoms with Crippen molar-refractivity contribution in [3.8, 4) is 22.7 Å². The minimum atomic E-state index is -0.182. The molecule has 1 aromatic heterocycles. The highest BCUT2D eigenvalue weighted by Crippen LogP contribution is 2.33. The molecule has 0 aliphatic rings. The average Bonchev–Trinajstić information content (AvgIpc) is 2.97. The van der Waals surface area contributed by atoms with Gasteiger partial charge in [0.25, 0.3) is 0 Å². The zero-order valence-corrected chi connectivity index (χ0v) is 13.4. The van der Waals surface area contributed by atoms with Gasteiger partial charge < -0.3 is 9.84 Å². The Kier molecular flexibility index (Phi) is 4.12. The smallest absolute Gasteiger partial charge is 0.128 e. The average molecular weight is 309 g/mol. The molecule has 0 unspecified atom stereocenters. The minimum Gasteiger partial charge on any atom is -0.496 e. The van der Waals surface area contributed by atoms with Gasteiger partial charge in [-0.3, -0.25) is 0 Å². The molecule has 0 fully saturated rings. The molecule has 1 heterocycles. The Morgan fingerprint density at radius 3 is 2.43 bits per heavy atom. The van der Waals surface area contributed by atoms with E-state index >= 15 is 0 Å². The number of aliphatic hydroxyl groups excluding tert-OH is 1. The maximum absolute atomic E-state index is 9.66. The van der Waals surface area contributed by atoms with E-state index in [4.69, 9.17) is 4.74 Å². The van der Waals surface area contributed by atoms with Crippen LogP contribution in [-0.4, -0.2) is 27.2 Å². The summed E-state index contributed by atoms with van der Waals surface area (Å²) in [5.74, 6) is 0.718. The Hall–Kier alpha value is -2.66. The molecule has 0 bridgehead atoms. The standard InChI is InChI=1S/C18H19N3O2/c1-12-8-13(2)10-14(9-12)21-18(16(11-22)19-20-21)15-6-4-5-7-17(15)23-3/h4-10,22H,11H2,1-3H3. The molecule has 1 N–H and O–H groups in total. The molecule has 2 aromatic carbocycles. The van der Waals surface area contributed by atoms with Crippen LogP contribution in [0.2, 0.25) is 0 Å². The second-order valence-corrected chi connectivity index (χ2v) is 5.50. The lowest BCUT2D eigenvalue weighted by Crippen LogP contribution is -2.02. The Balaban J connectivity index is 2.26. The molecular weight excluding hydrogens is 290 g/mol. The monoisotopic (exact) mass is 309 g/mol. The molecule has 0 aliphatic heterocycles. The normalized spacial score (nSPS) is 10.8. The summed E-state index contributed by atoms with van der Waals surface area (Å²) in [6.45, 7) is 3.91. The van der Waals surface area contributed by atoms with Gasteiger partial charge in [0, 0.05) is 5.56 Å². The van der Waals surface area contributed by atoms with Gasteiger partial charge in [-0.25, -0.2) is 4.68 Å². The SMILES string of the molecule is COc1ccccc1-c1c(CO)nnn1-c1cc(C)cc(C)c1. The Bertz CT molecular complexity index is 820. The molecule has 0 radical (unpaired) electrons. The van der Waals surface area contributed by atoms with Gasteiger partial charge in [0.2, 0.25) is 0 Å². The van der Waals surface area contributed by atoms with Crippen LogP contribution in [0.4, 0.5) is 0 Å². The number of hydrogen-bond acceptors (Lipinski definition) is 4. The number of aryl methyl sites for hydroxylation is 2. The summed E-state index contributed by atoms with van der Waals surface area (Å²) in [5, 5.41) is 18.0. The lowest BCUT2D eigenvalue weighted by molar-refractivity contribution is 0.277. The number of hydrogen-bond donors (Lipinski definition) is 1. The van der Waals surface area contributed by atoms with Crippen molar-refractivity contribution >= 4 is 0 Å². The Morgan fingerprint density at radius 2 is 1.78 bits per heavy atom. The maximum atomic E-state index is 9.66. The van der Waals surface area contributed by atoms with Gasteiger partial charge in [-0.05, 0) is 49.2 Å². The van der Waals surface area contributed by atoms with E-state index < -0.39 is 0 Å². The molecule has 0 spiro atoms. The van der Waals surface area contributed by atoms with Crippen molar-refractivity contribution in [3.63, 3.8) is 0 Å². The Labute approximate surface area is 135 Å². The quantitative estimate of drug-likeness (QED) is 0.804. The first-order chi connectivity index (χ1) is 11.1. The number of nitrogens with zero attached hydrogens (tertiary/aromatic N) is 3. The lowest BCUT2D eigenvalue weighted by atomic mass is 10.1. The fraction of sp³-hybridized carbons (Fsp3) is 0.222. The zero-order chi connectivity index (χ0) is 16.4. The summed E-state index contributed by atoms with van der Waals surface area (Å²) in [7, 11) is 1.63. The molecule has 0 amide bonds. The van der Waals surface area contributed by atoms with E-state index in [1.165, 1.54) is 0 Å². The lowest BCUT2D eigenvalue weighted by Gasteiger charge is -2.12. The Morgan fingerprint density at radius 1 is 1.09 bits per heavy atom. The molecule has 118 valence electrons. The first kappa shape index (κ1) is 15.2. The third-order valence-electron chi connectivity index (χ3n) is 3.70. The highest BCUT2D eigenvalue weighted by Gasteiger charge is 2.19. The summed E-state index contributed by atoms with van der Waals surface area (Å²) < 4.78 is 7.21. The van der Waals surface area contributed by atoms with E-state index in [0.717, 1.165) is 33.8 Å². The van der Waals surface area contributed by atoms with Crippen molar-refractivity contribution in [3.05, 3.63) is 59.3 Å². The van der Waals surface area contributed by atoms with Crippen molar-refractivity contribution in [2.24, 2.45) is 0 Å². The summed E-state index contributed by atoms with van der Waals surface area (Å²) in [6, 6.07) is 13.9. The largest absolute Gasteiger partial charge is 0.496 e. The highest BCUT2D eigenvalue weighted by atomic mass is 16.5. The fourth-order valence-corrected chi connectivity index (χ4v) is 2.78. The second-order valence-electron chi connectivity index (χ2n) is 5.50. The topological polar surface area (TPSA) is 60.2 Å². The van der Waals surface area contributed by atoms with Crippen LogP contribution in [0.15, 0.2) is 42.5 Å². The van der Waals surface area contributed by atoms with Crippen molar-refractivity contribution < 1.29 is 9.84 Å². The third-order valence-corrected chi connectivity index (χ3v) is 3.70. The molecule has 0 aliphatic carbocycles. The van der Waals surface area contributed by atoms with Gasteiger partial charge in [0.1, 0.15) is 17.1 Å². The number of ether oxygens (including phenoxy) is 1. The van der Waals surface area contributed by atoms with Gasteiger partial charge in [0.05, 0.1) is 19.4 Å². The van der Waals surface area contributed by atoms with Crippen molar-refractivity contribution in [2.45, 2.75) is 20.5 Å². The zero-order valence-electron chi connectivity index (χ0n) is 13.4.